The summed E-state index contributed by atoms with van der Waals surface area (Å²) in [6.07, 6.45) is -2.63. The van der Waals surface area contributed by atoms with Crippen molar-refractivity contribution in [2.45, 2.75) is 31.4 Å². The van der Waals surface area contributed by atoms with Gasteiger partial charge in [0.2, 0.25) is 11.8 Å². The summed E-state index contributed by atoms with van der Waals surface area (Å²) in [7, 11) is 1.38. The van der Waals surface area contributed by atoms with Gasteiger partial charge in [0.15, 0.2) is 0 Å². The molecule has 11 nitrogen and oxygen atoms in total. The lowest BCUT2D eigenvalue weighted by atomic mass is 10.0. The Hall–Kier alpha value is -3.63. The molecule has 5 N–H and O–H groups in total. The van der Waals surface area contributed by atoms with Crippen LogP contribution in [0.2, 0.25) is 0 Å². The van der Waals surface area contributed by atoms with E-state index >= 15 is 0 Å². The molecule has 28 heavy (non-hydrogen) atoms. The second kappa shape index (κ2) is 10.5. The van der Waals surface area contributed by atoms with Crippen LogP contribution >= 0.6 is 0 Å². The van der Waals surface area contributed by atoms with Crippen LogP contribution in [-0.2, 0) is 30.4 Å². The fraction of sp³-hybridized carbons (Fsp3) is 0.353. The van der Waals surface area contributed by atoms with Crippen molar-refractivity contribution in [1.29, 1.82) is 0 Å². The summed E-state index contributed by atoms with van der Waals surface area (Å²) in [5.41, 5.74) is 0.571. The summed E-state index contributed by atoms with van der Waals surface area (Å²) >= 11 is 0. The lowest BCUT2D eigenvalue weighted by Gasteiger charge is -2.18. The van der Waals surface area contributed by atoms with E-state index in [1.165, 1.54) is 31.3 Å². The number of ether oxygens (including phenoxy) is 1. The van der Waals surface area contributed by atoms with Gasteiger partial charge in [-0.15, -0.1) is 0 Å². The minimum absolute atomic E-state index is 0.000497. The van der Waals surface area contributed by atoms with E-state index in [-0.39, 0.29) is 25.0 Å². The van der Waals surface area contributed by atoms with Crippen molar-refractivity contribution in [3.05, 3.63) is 29.8 Å². The van der Waals surface area contributed by atoms with Crippen LogP contribution in [0.5, 0.6) is 5.75 Å². The predicted octanol–water partition coefficient (Wildman–Crippen LogP) is -0.759. The molecule has 1 atom stereocenters. The first-order valence-corrected chi connectivity index (χ1v) is 8.08. The van der Waals surface area contributed by atoms with Crippen molar-refractivity contribution in [3.8, 4) is 5.75 Å². The van der Waals surface area contributed by atoms with Crippen LogP contribution in [0.4, 0.5) is 0 Å². The highest BCUT2D eigenvalue weighted by Gasteiger charge is 2.28. The highest BCUT2D eigenvalue weighted by molar-refractivity contribution is 5.96. The first-order chi connectivity index (χ1) is 13.1. The molecule has 152 valence electrons. The number of carbonyl (C=O) groups is 5. The average Bonchev–Trinajstić information content (AvgIpc) is 2.63. The van der Waals surface area contributed by atoms with E-state index in [0.29, 0.717) is 5.56 Å². The number of nitrogens with one attached hydrogen (secondary N) is 2. The van der Waals surface area contributed by atoms with Gasteiger partial charge in [0.05, 0.1) is 6.42 Å². The van der Waals surface area contributed by atoms with Crippen molar-refractivity contribution in [1.82, 2.24) is 10.6 Å². The quantitative estimate of drug-likeness (QED) is 0.301. The molecule has 1 aromatic rings. The molecule has 0 heterocycles. The number of hydrogen-bond acceptors (Lipinski definition) is 6. The maximum Gasteiger partial charge on any atom is 0.356 e. The Labute approximate surface area is 159 Å². The number of carboxylic acid groups (broad SMARTS) is 3. The number of amides is 2. The SMILES string of the molecule is CNC(=O)C(Cc1ccc(OC(C(=O)O)C(=O)O)cc1)NC(=O)CCC(=O)O. The Bertz CT molecular complexity index is 731. The number of rotatable bonds is 11. The van der Waals surface area contributed by atoms with E-state index in [1.54, 1.807) is 0 Å². The Balaban J connectivity index is 2.80. The Morgan fingerprint density at radius 3 is 2.00 bits per heavy atom. The van der Waals surface area contributed by atoms with Crippen LogP contribution in [0.25, 0.3) is 0 Å². The van der Waals surface area contributed by atoms with E-state index in [9.17, 15) is 24.0 Å². The van der Waals surface area contributed by atoms with Crippen molar-refractivity contribution >= 4 is 29.7 Å². The lowest BCUT2D eigenvalue weighted by Crippen LogP contribution is -2.47. The van der Waals surface area contributed by atoms with Crippen LogP contribution in [0.15, 0.2) is 24.3 Å². The summed E-state index contributed by atoms with van der Waals surface area (Å²) in [5, 5.41) is 31.0. The number of benzene rings is 1. The van der Waals surface area contributed by atoms with Gasteiger partial charge >= 0.3 is 17.9 Å². The molecular weight excluding hydrogens is 376 g/mol. The third-order valence-corrected chi connectivity index (χ3v) is 3.53. The fourth-order valence-electron chi connectivity index (χ4n) is 2.15. The monoisotopic (exact) mass is 396 g/mol. The molecule has 0 bridgehead atoms. The van der Waals surface area contributed by atoms with E-state index in [0.717, 1.165) is 0 Å². The molecule has 0 fully saturated rings. The van der Waals surface area contributed by atoms with Gasteiger partial charge in [-0.3, -0.25) is 14.4 Å². The van der Waals surface area contributed by atoms with Crippen LogP contribution in [-0.4, -0.2) is 64.2 Å². The number of hydrogen-bond donors (Lipinski definition) is 5. The Morgan fingerprint density at radius 2 is 1.54 bits per heavy atom. The van der Waals surface area contributed by atoms with Crippen LogP contribution in [0.3, 0.4) is 0 Å². The van der Waals surface area contributed by atoms with Gasteiger partial charge in [0, 0.05) is 19.9 Å². The molecule has 0 saturated carbocycles. The van der Waals surface area contributed by atoms with Gasteiger partial charge in [-0.05, 0) is 17.7 Å². The zero-order valence-corrected chi connectivity index (χ0v) is 14.9. The normalized spacial score (nSPS) is 11.4. The molecule has 1 aromatic carbocycles. The third kappa shape index (κ3) is 7.32. The van der Waals surface area contributed by atoms with Gasteiger partial charge in [-0.1, -0.05) is 12.1 Å². The minimum Gasteiger partial charge on any atom is -0.481 e. The minimum atomic E-state index is -2.06. The molecule has 1 unspecified atom stereocenters. The number of aliphatic carboxylic acids is 3. The highest BCUT2D eigenvalue weighted by Crippen LogP contribution is 2.15. The lowest BCUT2D eigenvalue weighted by molar-refractivity contribution is -0.159. The predicted molar refractivity (Wildman–Crippen MR) is 92.7 cm³/mol. The van der Waals surface area contributed by atoms with E-state index in [2.05, 4.69) is 10.6 Å². The van der Waals surface area contributed by atoms with E-state index < -0.39 is 41.9 Å². The second-order valence-corrected chi connectivity index (χ2v) is 5.65. The van der Waals surface area contributed by atoms with Gasteiger partial charge in [0.25, 0.3) is 6.10 Å². The van der Waals surface area contributed by atoms with Gasteiger partial charge in [-0.2, -0.15) is 0 Å². The Kier molecular flexibility index (Phi) is 8.41. The zero-order valence-electron chi connectivity index (χ0n) is 14.9. The van der Waals surface area contributed by atoms with Crippen molar-refractivity contribution in [2.75, 3.05) is 7.05 Å². The van der Waals surface area contributed by atoms with Crippen LogP contribution in [0.1, 0.15) is 18.4 Å². The third-order valence-electron chi connectivity index (χ3n) is 3.53. The number of likely N-dealkylation sites (N-methyl/N-ethyl adjacent to an activating group) is 1. The molecule has 11 heteroatoms. The van der Waals surface area contributed by atoms with E-state index in [1.807, 2.05) is 0 Å². The molecule has 0 saturated heterocycles. The first kappa shape index (κ1) is 22.4. The molecule has 2 amide bonds. The largest absolute Gasteiger partial charge is 0.481 e. The molecule has 0 aromatic heterocycles. The van der Waals surface area contributed by atoms with Gasteiger partial charge < -0.3 is 30.7 Å². The summed E-state index contributed by atoms with van der Waals surface area (Å²) in [5.74, 6) is -5.52. The average molecular weight is 396 g/mol. The molecule has 0 aliphatic carbocycles. The van der Waals surface area contributed by atoms with Gasteiger partial charge in [0.1, 0.15) is 11.8 Å². The number of carbonyl (C=O) groups excluding carboxylic acids is 2. The maximum atomic E-state index is 12.0. The first-order valence-electron chi connectivity index (χ1n) is 8.08. The smallest absolute Gasteiger partial charge is 0.356 e. The van der Waals surface area contributed by atoms with E-state index in [4.69, 9.17) is 20.1 Å². The second-order valence-electron chi connectivity index (χ2n) is 5.65. The standard InChI is InChI=1S/C17H20N2O9/c1-18-15(23)11(19-12(20)6-7-13(21)22)8-9-2-4-10(5-3-9)28-14(16(24)25)17(26)27/h2-5,11,14H,6-8H2,1H3,(H,18,23)(H,19,20)(H,21,22)(H,24,25)(H,26,27). The highest BCUT2D eigenvalue weighted by atomic mass is 16.5. The Morgan fingerprint density at radius 1 is 0.964 bits per heavy atom. The molecule has 0 aliphatic rings. The summed E-state index contributed by atoms with van der Waals surface area (Å²) in [4.78, 5) is 55.9. The van der Waals surface area contributed by atoms with Crippen molar-refractivity contribution in [2.24, 2.45) is 0 Å². The number of carboxylic acids is 3. The zero-order chi connectivity index (χ0) is 21.3. The van der Waals surface area contributed by atoms with Crippen LogP contribution < -0.4 is 15.4 Å². The van der Waals surface area contributed by atoms with Crippen molar-refractivity contribution in [3.63, 3.8) is 0 Å². The fourth-order valence-corrected chi connectivity index (χ4v) is 2.15. The molecule has 0 radical (unpaired) electrons. The molecular formula is C17H20N2O9. The van der Waals surface area contributed by atoms with Crippen LogP contribution in [0, 0.1) is 0 Å². The topological polar surface area (TPSA) is 179 Å². The summed E-state index contributed by atoms with van der Waals surface area (Å²) in [6.45, 7) is 0. The molecule has 1 rings (SSSR count). The summed E-state index contributed by atoms with van der Waals surface area (Å²) in [6, 6.07) is 4.68. The maximum absolute atomic E-state index is 12.0. The molecule has 0 spiro atoms. The van der Waals surface area contributed by atoms with Crippen molar-refractivity contribution < 1.29 is 44.0 Å². The molecule has 0 aliphatic heterocycles. The van der Waals surface area contributed by atoms with Gasteiger partial charge in [-0.25, -0.2) is 9.59 Å². The summed E-state index contributed by atoms with van der Waals surface area (Å²) < 4.78 is 4.88.